The molecule has 0 spiro atoms. The zero-order valence-electron chi connectivity index (χ0n) is 7.54. The van der Waals surface area contributed by atoms with E-state index in [4.69, 9.17) is 0 Å². The third-order valence-corrected chi connectivity index (χ3v) is 1.99. The third kappa shape index (κ3) is 2.78. The van der Waals surface area contributed by atoms with E-state index in [1.165, 1.54) is 5.56 Å². The maximum absolute atomic E-state index is 3.96. The van der Waals surface area contributed by atoms with Crippen molar-refractivity contribution in [3.63, 3.8) is 0 Å². The number of anilines is 1. The molecule has 1 nitrogen and oxygen atoms in total. The highest BCUT2D eigenvalue weighted by Gasteiger charge is 1.96. The van der Waals surface area contributed by atoms with Crippen molar-refractivity contribution in [3.8, 4) is 0 Å². The molecule has 0 aliphatic rings. The Morgan fingerprint density at radius 1 is 1.25 bits per heavy atom. The van der Waals surface area contributed by atoms with Gasteiger partial charge in [-0.05, 0) is 30.0 Å². The van der Waals surface area contributed by atoms with E-state index in [0.29, 0.717) is 0 Å². The molecule has 2 heteroatoms. The zero-order valence-corrected chi connectivity index (χ0v) is 8.44. The van der Waals surface area contributed by atoms with E-state index in [-0.39, 0.29) is 0 Å². The van der Waals surface area contributed by atoms with Gasteiger partial charge in [-0.1, -0.05) is 38.8 Å². The number of benzene rings is 1. The van der Waals surface area contributed by atoms with Crippen LogP contribution in [0.2, 0.25) is 0 Å². The van der Waals surface area contributed by atoms with Crippen molar-refractivity contribution in [2.75, 3.05) is 4.72 Å². The first-order valence-corrected chi connectivity index (χ1v) is 4.66. The smallest absolute Gasteiger partial charge is 0.0438 e. The van der Waals surface area contributed by atoms with Crippen LogP contribution >= 0.6 is 12.8 Å². The van der Waals surface area contributed by atoms with Crippen LogP contribution < -0.4 is 4.72 Å². The highest BCUT2D eigenvalue weighted by molar-refractivity contribution is 7.81. The lowest BCUT2D eigenvalue weighted by Crippen LogP contribution is -1.93. The minimum atomic E-state index is 0.722. The second-order valence-corrected chi connectivity index (χ2v) is 3.63. The fourth-order valence-electron chi connectivity index (χ4n) is 1.19. The molecule has 0 radical (unpaired) electrons. The molecule has 0 atom stereocenters. The molecule has 0 bridgehead atoms. The van der Waals surface area contributed by atoms with Gasteiger partial charge in [0.2, 0.25) is 0 Å². The van der Waals surface area contributed by atoms with Gasteiger partial charge in [-0.25, -0.2) is 0 Å². The highest BCUT2D eigenvalue weighted by Crippen LogP contribution is 2.13. The van der Waals surface area contributed by atoms with Crippen LogP contribution in [-0.2, 0) is 6.42 Å². The average Bonchev–Trinajstić information content (AvgIpc) is 2.05. The summed E-state index contributed by atoms with van der Waals surface area (Å²) in [5.74, 6) is 0.722. The monoisotopic (exact) mass is 181 g/mol. The molecular formula is C10H15NS. The Morgan fingerprint density at radius 3 is 2.25 bits per heavy atom. The molecule has 1 aromatic rings. The van der Waals surface area contributed by atoms with Gasteiger partial charge in [-0.3, -0.25) is 0 Å². The molecular weight excluding hydrogens is 166 g/mol. The normalized spacial score (nSPS) is 10.3. The van der Waals surface area contributed by atoms with Crippen LogP contribution in [0.15, 0.2) is 24.3 Å². The van der Waals surface area contributed by atoms with Gasteiger partial charge in [0.1, 0.15) is 0 Å². The topological polar surface area (TPSA) is 12.0 Å². The minimum Gasteiger partial charge on any atom is -0.332 e. The lowest BCUT2D eigenvalue weighted by atomic mass is 10.0. The second kappa shape index (κ2) is 4.41. The Kier molecular flexibility index (Phi) is 3.48. The summed E-state index contributed by atoms with van der Waals surface area (Å²) in [7, 11) is 0. The largest absolute Gasteiger partial charge is 0.332 e. The van der Waals surface area contributed by atoms with E-state index in [1.807, 2.05) is 12.1 Å². The number of rotatable bonds is 3. The van der Waals surface area contributed by atoms with Crippen molar-refractivity contribution in [1.82, 2.24) is 0 Å². The van der Waals surface area contributed by atoms with Gasteiger partial charge in [-0.2, -0.15) is 0 Å². The number of hydrogen-bond donors (Lipinski definition) is 2. The van der Waals surface area contributed by atoms with Gasteiger partial charge in [0.05, 0.1) is 0 Å². The van der Waals surface area contributed by atoms with E-state index >= 15 is 0 Å². The standard InChI is InChI=1S/C10H15NS/c1-8(2)7-9-3-5-10(11-12)6-4-9/h3-6,8,11-12H,7H2,1-2H3. The molecule has 0 amide bonds. The van der Waals surface area contributed by atoms with E-state index in [9.17, 15) is 0 Å². The summed E-state index contributed by atoms with van der Waals surface area (Å²) in [4.78, 5) is 0. The summed E-state index contributed by atoms with van der Waals surface area (Å²) >= 11 is 3.96. The summed E-state index contributed by atoms with van der Waals surface area (Å²) in [5, 5.41) is 0. The number of hydrogen-bond acceptors (Lipinski definition) is 2. The van der Waals surface area contributed by atoms with Crippen molar-refractivity contribution >= 4 is 18.5 Å². The van der Waals surface area contributed by atoms with Gasteiger partial charge in [-0.15, -0.1) is 0 Å². The SMILES string of the molecule is CC(C)Cc1ccc(NS)cc1. The molecule has 1 N–H and O–H groups in total. The quantitative estimate of drug-likeness (QED) is 0.683. The zero-order chi connectivity index (χ0) is 8.97. The predicted molar refractivity (Wildman–Crippen MR) is 57.6 cm³/mol. The van der Waals surface area contributed by atoms with Crippen molar-refractivity contribution in [3.05, 3.63) is 29.8 Å². The molecule has 0 aliphatic carbocycles. The van der Waals surface area contributed by atoms with Crippen molar-refractivity contribution in [1.29, 1.82) is 0 Å². The Hall–Kier alpha value is -0.630. The van der Waals surface area contributed by atoms with Crippen molar-refractivity contribution < 1.29 is 0 Å². The summed E-state index contributed by atoms with van der Waals surface area (Å²) < 4.78 is 2.80. The van der Waals surface area contributed by atoms with Gasteiger partial charge in [0.15, 0.2) is 0 Å². The first kappa shape index (κ1) is 9.46. The van der Waals surface area contributed by atoms with Crippen LogP contribution in [0.25, 0.3) is 0 Å². The van der Waals surface area contributed by atoms with Gasteiger partial charge >= 0.3 is 0 Å². The Balaban J connectivity index is 2.65. The van der Waals surface area contributed by atoms with E-state index in [2.05, 4.69) is 43.5 Å². The maximum atomic E-state index is 3.96. The molecule has 0 unspecified atom stereocenters. The Bertz CT molecular complexity index is 228. The van der Waals surface area contributed by atoms with Crippen molar-refractivity contribution in [2.45, 2.75) is 20.3 Å². The number of thiol groups is 1. The second-order valence-electron chi connectivity index (χ2n) is 3.41. The van der Waals surface area contributed by atoms with E-state index in [1.54, 1.807) is 0 Å². The first-order chi connectivity index (χ1) is 5.72. The first-order valence-electron chi connectivity index (χ1n) is 4.21. The summed E-state index contributed by atoms with van der Waals surface area (Å²) in [5.41, 5.74) is 2.43. The van der Waals surface area contributed by atoms with Gasteiger partial charge < -0.3 is 4.72 Å². The van der Waals surface area contributed by atoms with Crippen LogP contribution in [0, 0.1) is 5.92 Å². The third-order valence-electron chi connectivity index (χ3n) is 1.73. The molecule has 66 valence electrons. The van der Waals surface area contributed by atoms with Crippen LogP contribution in [0.3, 0.4) is 0 Å². The summed E-state index contributed by atoms with van der Waals surface area (Å²) in [6, 6.07) is 8.37. The minimum absolute atomic E-state index is 0.722. The van der Waals surface area contributed by atoms with Crippen molar-refractivity contribution in [2.24, 2.45) is 5.92 Å². The summed E-state index contributed by atoms with van der Waals surface area (Å²) in [6.07, 6.45) is 1.15. The van der Waals surface area contributed by atoms with Crippen LogP contribution in [0.4, 0.5) is 5.69 Å². The fourth-order valence-corrected chi connectivity index (χ4v) is 1.34. The maximum Gasteiger partial charge on any atom is 0.0438 e. The number of nitrogens with one attached hydrogen (secondary N) is 1. The average molecular weight is 181 g/mol. The Labute approximate surface area is 79.7 Å². The van der Waals surface area contributed by atoms with Crippen LogP contribution in [0.5, 0.6) is 0 Å². The van der Waals surface area contributed by atoms with E-state index < -0.39 is 0 Å². The molecule has 1 aromatic carbocycles. The molecule has 12 heavy (non-hydrogen) atoms. The molecule has 0 aliphatic heterocycles. The molecule has 0 saturated carbocycles. The van der Waals surface area contributed by atoms with Gasteiger partial charge in [0.25, 0.3) is 0 Å². The Morgan fingerprint density at radius 2 is 1.83 bits per heavy atom. The molecule has 0 heterocycles. The predicted octanol–water partition coefficient (Wildman–Crippen LogP) is 3.14. The highest BCUT2D eigenvalue weighted by atomic mass is 32.1. The van der Waals surface area contributed by atoms with Crippen LogP contribution in [0.1, 0.15) is 19.4 Å². The lowest BCUT2D eigenvalue weighted by Gasteiger charge is -2.05. The van der Waals surface area contributed by atoms with E-state index in [0.717, 1.165) is 18.0 Å². The van der Waals surface area contributed by atoms with Crippen LogP contribution in [-0.4, -0.2) is 0 Å². The summed E-state index contributed by atoms with van der Waals surface area (Å²) in [6.45, 7) is 4.45. The lowest BCUT2D eigenvalue weighted by molar-refractivity contribution is 0.647. The molecule has 1 rings (SSSR count). The van der Waals surface area contributed by atoms with Gasteiger partial charge in [0, 0.05) is 5.69 Å². The fraction of sp³-hybridized carbons (Fsp3) is 0.400. The molecule has 0 fully saturated rings. The molecule has 0 aromatic heterocycles. The molecule has 0 saturated heterocycles.